The first-order chi connectivity index (χ1) is 16.4. The number of halogens is 2. The standard InChI is InChI=1S/C22H18F2N6O3S/c23-15-1-4-20(17(24)10-15)34(31,32)29-16-9-14(11-25-12-16)18-2-3-19-21(28-18)22(27-13-26-19)30-5-7-33-8-6-30/h1-4,9-13,29H,5-8H2. The minimum absolute atomic E-state index is 0.0980. The Balaban J connectivity index is 1.49. The van der Waals surface area contributed by atoms with Gasteiger partial charge in [0.15, 0.2) is 5.82 Å². The van der Waals surface area contributed by atoms with Gasteiger partial charge in [-0.15, -0.1) is 0 Å². The lowest BCUT2D eigenvalue weighted by atomic mass is 10.1. The minimum Gasteiger partial charge on any atom is -0.378 e. The number of ether oxygens (including phenoxy) is 1. The SMILES string of the molecule is O=S(=O)(Nc1cncc(-c2ccc3ncnc(N4CCOCC4)c3n2)c1)c1ccc(F)cc1F. The predicted octanol–water partition coefficient (Wildman–Crippen LogP) is 3.00. The van der Waals surface area contributed by atoms with Gasteiger partial charge in [-0.1, -0.05) is 0 Å². The fourth-order valence-electron chi connectivity index (χ4n) is 3.63. The molecule has 0 saturated carbocycles. The molecule has 1 N–H and O–H groups in total. The van der Waals surface area contributed by atoms with Crippen molar-refractivity contribution in [3.63, 3.8) is 0 Å². The fourth-order valence-corrected chi connectivity index (χ4v) is 4.73. The lowest BCUT2D eigenvalue weighted by Gasteiger charge is -2.28. The Morgan fingerprint density at radius 1 is 1.00 bits per heavy atom. The third-order valence-corrected chi connectivity index (χ3v) is 6.66. The van der Waals surface area contributed by atoms with Gasteiger partial charge in [0.05, 0.1) is 36.3 Å². The molecule has 9 nitrogen and oxygen atoms in total. The Morgan fingerprint density at radius 3 is 2.62 bits per heavy atom. The number of aromatic nitrogens is 4. The molecule has 1 aliphatic rings. The van der Waals surface area contributed by atoms with E-state index in [-0.39, 0.29) is 5.69 Å². The molecule has 4 aromatic rings. The topological polar surface area (TPSA) is 110 Å². The van der Waals surface area contributed by atoms with Crippen molar-refractivity contribution in [1.82, 2.24) is 19.9 Å². The van der Waals surface area contributed by atoms with Gasteiger partial charge >= 0.3 is 0 Å². The van der Waals surface area contributed by atoms with Gasteiger partial charge in [0.2, 0.25) is 0 Å². The van der Waals surface area contributed by atoms with Crippen molar-refractivity contribution in [2.75, 3.05) is 35.9 Å². The van der Waals surface area contributed by atoms with E-state index >= 15 is 0 Å². The second-order valence-electron chi connectivity index (χ2n) is 7.50. The van der Waals surface area contributed by atoms with Crippen LogP contribution in [-0.4, -0.2) is 54.7 Å². The third kappa shape index (κ3) is 4.37. The summed E-state index contributed by atoms with van der Waals surface area (Å²) in [4.78, 5) is 18.9. The van der Waals surface area contributed by atoms with E-state index in [0.29, 0.717) is 60.5 Å². The number of pyridine rings is 2. The van der Waals surface area contributed by atoms with Crippen LogP contribution in [0.3, 0.4) is 0 Å². The number of hydrogen-bond acceptors (Lipinski definition) is 8. The molecule has 0 spiro atoms. The summed E-state index contributed by atoms with van der Waals surface area (Å²) in [5, 5.41) is 0. The molecule has 12 heteroatoms. The van der Waals surface area contributed by atoms with Crippen molar-refractivity contribution in [1.29, 1.82) is 0 Å². The molecule has 1 fully saturated rings. The number of morpholine rings is 1. The molecule has 3 aromatic heterocycles. The van der Waals surface area contributed by atoms with Crippen molar-refractivity contribution >= 4 is 32.6 Å². The molecule has 0 amide bonds. The second-order valence-corrected chi connectivity index (χ2v) is 9.15. The van der Waals surface area contributed by atoms with Crippen molar-refractivity contribution in [2.45, 2.75) is 4.90 Å². The minimum atomic E-state index is -4.31. The van der Waals surface area contributed by atoms with Gasteiger partial charge in [-0.2, -0.15) is 0 Å². The Morgan fingerprint density at radius 2 is 1.82 bits per heavy atom. The number of anilines is 2. The van der Waals surface area contributed by atoms with Crippen LogP contribution in [0.1, 0.15) is 0 Å². The number of rotatable bonds is 5. The van der Waals surface area contributed by atoms with Gasteiger partial charge < -0.3 is 9.64 Å². The van der Waals surface area contributed by atoms with Crippen LogP contribution in [0.25, 0.3) is 22.3 Å². The van der Waals surface area contributed by atoms with Crippen LogP contribution >= 0.6 is 0 Å². The van der Waals surface area contributed by atoms with E-state index in [1.54, 1.807) is 12.1 Å². The summed E-state index contributed by atoms with van der Waals surface area (Å²) in [5.41, 5.74) is 2.41. The van der Waals surface area contributed by atoms with E-state index in [1.807, 2.05) is 0 Å². The number of benzene rings is 1. The maximum atomic E-state index is 14.0. The van der Waals surface area contributed by atoms with Crippen LogP contribution in [0.2, 0.25) is 0 Å². The van der Waals surface area contributed by atoms with Crippen LogP contribution in [0.15, 0.2) is 60.0 Å². The molecule has 5 rings (SSSR count). The zero-order chi connectivity index (χ0) is 23.7. The highest BCUT2D eigenvalue weighted by molar-refractivity contribution is 7.92. The molecular weight excluding hydrogens is 466 g/mol. The Bertz CT molecular complexity index is 1480. The highest BCUT2D eigenvalue weighted by Gasteiger charge is 2.21. The molecule has 0 radical (unpaired) electrons. The lowest BCUT2D eigenvalue weighted by molar-refractivity contribution is 0.122. The number of nitrogens with zero attached hydrogens (tertiary/aromatic N) is 5. The molecule has 0 unspecified atom stereocenters. The van der Waals surface area contributed by atoms with E-state index in [4.69, 9.17) is 9.72 Å². The average Bonchev–Trinajstić information content (AvgIpc) is 2.83. The van der Waals surface area contributed by atoms with Crippen LogP contribution < -0.4 is 9.62 Å². The van der Waals surface area contributed by atoms with Crippen LogP contribution in [0.4, 0.5) is 20.3 Å². The molecule has 0 aliphatic carbocycles. The number of hydrogen-bond donors (Lipinski definition) is 1. The number of fused-ring (bicyclic) bond motifs is 1. The summed E-state index contributed by atoms with van der Waals surface area (Å²) >= 11 is 0. The van der Waals surface area contributed by atoms with Crippen molar-refractivity contribution < 1.29 is 21.9 Å². The molecule has 1 aromatic carbocycles. The zero-order valence-corrected chi connectivity index (χ0v) is 18.5. The van der Waals surface area contributed by atoms with E-state index in [0.717, 1.165) is 12.1 Å². The molecular formula is C22H18F2N6O3S. The second kappa shape index (κ2) is 8.88. The fraction of sp³-hybridized carbons (Fsp3) is 0.182. The van der Waals surface area contributed by atoms with E-state index < -0.39 is 26.6 Å². The highest BCUT2D eigenvalue weighted by atomic mass is 32.2. The van der Waals surface area contributed by atoms with Gasteiger partial charge in [-0.3, -0.25) is 9.71 Å². The normalized spacial score (nSPS) is 14.4. The quantitative estimate of drug-likeness (QED) is 0.460. The first-order valence-corrected chi connectivity index (χ1v) is 11.8. The summed E-state index contributed by atoms with van der Waals surface area (Å²) in [6, 6.07) is 7.32. The first kappa shape index (κ1) is 22.0. The van der Waals surface area contributed by atoms with Crippen molar-refractivity contribution in [3.8, 4) is 11.3 Å². The zero-order valence-electron chi connectivity index (χ0n) is 17.6. The predicted molar refractivity (Wildman–Crippen MR) is 121 cm³/mol. The largest absolute Gasteiger partial charge is 0.378 e. The van der Waals surface area contributed by atoms with Gasteiger partial charge in [0.25, 0.3) is 10.0 Å². The number of nitrogens with one attached hydrogen (secondary N) is 1. The monoisotopic (exact) mass is 484 g/mol. The molecule has 4 heterocycles. The lowest BCUT2D eigenvalue weighted by Crippen LogP contribution is -2.37. The van der Waals surface area contributed by atoms with E-state index in [9.17, 15) is 17.2 Å². The summed E-state index contributed by atoms with van der Waals surface area (Å²) < 4.78 is 60.1. The van der Waals surface area contributed by atoms with Crippen molar-refractivity contribution in [3.05, 3.63) is 66.8 Å². The van der Waals surface area contributed by atoms with Gasteiger partial charge in [-0.05, 0) is 30.3 Å². The molecule has 0 atom stereocenters. The van der Waals surface area contributed by atoms with Gasteiger partial charge in [0, 0.05) is 30.9 Å². The molecule has 34 heavy (non-hydrogen) atoms. The first-order valence-electron chi connectivity index (χ1n) is 10.3. The Kier molecular flexibility index (Phi) is 5.75. The maximum absolute atomic E-state index is 14.0. The van der Waals surface area contributed by atoms with Crippen LogP contribution in [0.5, 0.6) is 0 Å². The van der Waals surface area contributed by atoms with Gasteiger partial charge in [-0.25, -0.2) is 32.2 Å². The van der Waals surface area contributed by atoms with Crippen LogP contribution in [0, 0.1) is 11.6 Å². The van der Waals surface area contributed by atoms with Crippen molar-refractivity contribution in [2.24, 2.45) is 0 Å². The maximum Gasteiger partial charge on any atom is 0.264 e. The summed E-state index contributed by atoms with van der Waals surface area (Å²) in [7, 11) is -4.31. The molecule has 1 aliphatic heterocycles. The Labute approximate surface area is 193 Å². The molecule has 174 valence electrons. The number of sulfonamides is 1. The summed E-state index contributed by atoms with van der Waals surface area (Å²) in [5.74, 6) is -1.38. The third-order valence-electron chi connectivity index (χ3n) is 5.24. The molecule has 0 bridgehead atoms. The van der Waals surface area contributed by atoms with Crippen LogP contribution in [-0.2, 0) is 14.8 Å². The molecule has 1 saturated heterocycles. The average molecular weight is 484 g/mol. The summed E-state index contributed by atoms with van der Waals surface area (Å²) in [6.07, 6.45) is 4.30. The van der Waals surface area contributed by atoms with E-state index in [2.05, 4.69) is 24.6 Å². The van der Waals surface area contributed by atoms with E-state index in [1.165, 1.54) is 24.8 Å². The summed E-state index contributed by atoms with van der Waals surface area (Å²) in [6.45, 7) is 2.53. The Hall–Kier alpha value is -3.77. The smallest absolute Gasteiger partial charge is 0.264 e. The highest BCUT2D eigenvalue weighted by Crippen LogP contribution is 2.27. The van der Waals surface area contributed by atoms with Gasteiger partial charge in [0.1, 0.15) is 28.4 Å².